The number of hydrogen-bond acceptors (Lipinski definition) is 2. The number of hydrogen-bond donors (Lipinski definition) is 0. The van der Waals surface area contributed by atoms with Crippen molar-refractivity contribution in [3.05, 3.63) is 11.8 Å². The van der Waals surface area contributed by atoms with E-state index in [1.54, 1.807) is 0 Å². The Morgan fingerprint density at radius 3 is 3.00 bits per heavy atom. The van der Waals surface area contributed by atoms with Crippen LogP contribution in [0.25, 0.3) is 0 Å². The third-order valence-corrected chi connectivity index (χ3v) is 2.56. The zero-order chi connectivity index (χ0) is 8.36. The molecule has 0 fully saturated rings. The topological polar surface area (TPSA) is 18.5 Å². The zero-order valence-electron chi connectivity index (χ0n) is 6.59. The second-order valence-corrected chi connectivity index (χ2v) is 4.32. The Balaban J connectivity index is 2.91. The summed E-state index contributed by atoms with van der Waals surface area (Å²) in [5.74, 6) is 0. The predicted molar refractivity (Wildman–Crippen MR) is 48.1 cm³/mol. The molecule has 0 aromatic carbocycles. The molecule has 7 radical (unpaired) electrons. The van der Waals surface area contributed by atoms with E-state index in [4.69, 9.17) is 4.12 Å². The van der Waals surface area contributed by atoms with Crippen LogP contribution in [0, 0.1) is 0 Å². The Bertz CT molecular complexity index is 97.8. The minimum Gasteiger partial charge on any atom is -0.435 e. The third-order valence-electron chi connectivity index (χ3n) is 1.05. The molecule has 5 heteroatoms. The first-order chi connectivity index (χ1) is 5.41. The molecule has 0 aromatic rings. The molecule has 0 heterocycles. The molecule has 0 atom stereocenters. The van der Waals surface area contributed by atoms with Gasteiger partial charge in [-0.3, -0.25) is 0 Å². The fourth-order valence-corrected chi connectivity index (χ4v) is 1.80. The minimum atomic E-state index is 0.102. The van der Waals surface area contributed by atoms with Gasteiger partial charge in [0.25, 0.3) is 0 Å². The van der Waals surface area contributed by atoms with Gasteiger partial charge in [0.15, 0.2) is 0 Å². The van der Waals surface area contributed by atoms with Gasteiger partial charge < -0.3 is 8.23 Å². The summed E-state index contributed by atoms with van der Waals surface area (Å²) in [6.45, 7) is 2.19. The van der Waals surface area contributed by atoms with Gasteiger partial charge in [0.2, 0.25) is 20.2 Å². The van der Waals surface area contributed by atoms with Gasteiger partial charge in [0.1, 0.15) is 0 Å². The summed E-state index contributed by atoms with van der Waals surface area (Å²) in [7, 11) is 3.38. The summed E-state index contributed by atoms with van der Waals surface area (Å²) in [6.07, 6.45) is 5.82. The van der Waals surface area contributed by atoms with E-state index in [2.05, 4.69) is 27.6 Å². The molecule has 59 valence electrons. The molecule has 0 spiro atoms. The normalized spacial score (nSPS) is 11.1. The van der Waals surface area contributed by atoms with Crippen LogP contribution in [0.2, 0.25) is 0 Å². The van der Waals surface area contributed by atoms with Crippen molar-refractivity contribution in [3.8, 4) is 0 Å². The largest absolute Gasteiger partial charge is 0.435 e. The molecular weight excluding hydrogens is 188 g/mol. The van der Waals surface area contributed by atoms with Crippen LogP contribution in [0.15, 0.2) is 11.8 Å². The van der Waals surface area contributed by atoms with Crippen molar-refractivity contribution in [3.63, 3.8) is 0 Å². The van der Waals surface area contributed by atoms with Crippen LogP contribution in [0.1, 0.15) is 26.2 Å². The molecule has 0 bridgehead atoms. The molecule has 0 saturated heterocycles. The van der Waals surface area contributed by atoms with E-state index in [0.717, 1.165) is 6.42 Å². The maximum absolute atomic E-state index is 5.06. The van der Waals surface area contributed by atoms with E-state index < -0.39 is 0 Å². The summed E-state index contributed by atoms with van der Waals surface area (Å²) in [5.41, 5.74) is 2.05. The molecule has 0 N–H and O–H groups in total. The van der Waals surface area contributed by atoms with E-state index in [-0.39, 0.29) is 10.0 Å². The lowest BCUT2D eigenvalue weighted by Gasteiger charge is -1.92. The second-order valence-electron chi connectivity index (χ2n) is 1.95. The molecule has 11 heavy (non-hydrogen) atoms. The van der Waals surface area contributed by atoms with Crippen LogP contribution < -0.4 is 0 Å². The fourth-order valence-electron chi connectivity index (χ4n) is 0.532. The van der Waals surface area contributed by atoms with Gasteiger partial charge in [-0.1, -0.05) is 31.5 Å². The van der Waals surface area contributed by atoms with Gasteiger partial charge in [-0.2, -0.15) is 0 Å². The molecule has 0 aliphatic rings. The van der Waals surface area contributed by atoms with Gasteiger partial charge in [-0.25, -0.2) is 0 Å². The van der Waals surface area contributed by atoms with E-state index in [9.17, 15) is 0 Å². The average Bonchev–Trinajstić information content (AvgIpc) is 2.03. The van der Waals surface area contributed by atoms with Crippen molar-refractivity contribution < 1.29 is 8.23 Å². The highest BCUT2D eigenvalue weighted by Gasteiger charge is 1.86. The van der Waals surface area contributed by atoms with Crippen LogP contribution in [0.5, 0.6) is 0 Å². The molecule has 2 nitrogen and oxygen atoms in total. The van der Waals surface area contributed by atoms with Crippen molar-refractivity contribution in [1.82, 2.24) is 0 Å². The van der Waals surface area contributed by atoms with Crippen molar-refractivity contribution in [1.29, 1.82) is 0 Å². The summed E-state index contributed by atoms with van der Waals surface area (Å²) in [5, 5.41) is 0. The highest BCUT2D eigenvalue weighted by atomic mass is 28.3. The van der Waals surface area contributed by atoms with Crippen LogP contribution in [-0.4, -0.2) is 30.3 Å². The van der Waals surface area contributed by atoms with Crippen molar-refractivity contribution >= 4 is 30.3 Å². The van der Waals surface area contributed by atoms with E-state index in [0.29, 0.717) is 9.76 Å². The van der Waals surface area contributed by atoms with E-state index in [1.165, 1.54) is 12.8 Å². The van der Waals surface area contributed by atoms with Gasteiger partial charge in [0.05, 0.1) is 0 Å². The average molecular weight is 199 g/mol. The van der Waals surface area contributed by atoms with Crippen molar-refractivity contribution in [2.45, 2.75) is 26.2 Å². The predicted octanol–water partition coefficient (Wildman–Crippen LogP) is 0.960. The fraction of sp³-hybridized carbons (Fsp3) is 0.667. The van der Waals surface area contributed by atoms with E-state index in [1.807, 2.05) is 5.70 Å². The summed E-state index contributed by atoms with van der Waals surface area (Å²) in [6, 6.07) is 0. The first kappa shape index (κ1) is 11.3. The van der Waals surface area contributed by atoms with Crippen molar-refractivity contribution in [2.24, 2.45) is 0 Å². The highest BCUT2D eigenvalue weighted by Crippen LogP contribution is 1.93. The Morgan fingerprint density at radius 1 is 1.55 bits per heavy atom. The van der Waals surface area contributed by atoms with Crippen LogP contribution in [0.3, 0.4) is 0 Å². The molecule has 0 saturated carbocycles. The Kier molecular flexibility index (Phi) is 10.6. The zero-order valence-corrected chi connectivity index (χ0v) is 9.59. The standard InChI is InChI=1S/C6H11O2Si3/c1-2-3-4-5-6-10-8-11-7-9/h5-6H,2-4H2,1H3. The minimum absolute atomic E-state index is 0.102. The number of allylic oxidation sites excluding steroid dienone is 1. The SMILES string of the molecule is CCCCC=C[Si]O[Si]O[Si]. The molecule has 0 amide bonds. The molecule has 0 aliphatic carbocycles. The quantitative estimate of drug-likeness (QED) is 0.449. The number of rotatable bonds is 7. The first-order valence-corrected chi connectivity index (χ1v) is 5.76. The summed E-state index contributed by atoms with van der Waals surface area (Å²) < 4.78 is 9.61. The lowest BCUT2D eigenvalue weighted by atomic mass is 10.2. The van der Waals surface area contributed by atoms with E-state index >= 15 is 0 Å². The van der Waals surface area contributed by atoms with Crippen LogP contribution in [0.4, 0.5) is 0 Å². The molecule has 0 aromatic heterocycles. The first-order valence-electron chi connectivity index (χ1n) is 3.55. The Labute approximate surface area is 76.9 Å². The maximum Gasteiger partial charge on any atom is 0.409 e. The van der Waals surface area contributed by atoms with Gasteiger partial charge >= 0.3 is 10.0 Å². The van der Waals surface area contributed by atoms with Crippen molar-refractivity contribution in [2.75, 3.05) is 0 Å². The molecule has 0 unspecified atom stereocenters. The lowest BCUT2D eigenvalue weighted by molar-refractivity contribution is 0.507. The molecule has 0 rings (SSSR count). The van der Waals surface area contributed by atoms with Crippen LogP contribution in [-0.2, 0) is 8.23 Å². The molecular formula is C6H11O2Si3. The summed E-state index contributed by atoms with van der Waals surface area (Å²) in [4.78, 5) is 0. The number of unbranched alkanes of at least 4 members (excludes halogenated alkanes) is 2. The van der Waals surface area contributed by atoms with Crippen LogP contribution >= 0.6 is 0 Å². The van der Waals surface area contributed by atoms with Gasteiger partial charge in [-0.15, -0.1) is 0 Å². The monoisotopic (exact) mass is 199 g/mol. The summed E-state index contributed by atoms with van der Waals surface area (Å²) >= 11 is 0. The molecule has 0 aliphatic heterocycles. The third kappa shape index (κ3) is 10.3. The second kappa shape index (κ2) is 10.3. The lowest BCUT2D eigenvalue weighted by Crippen LogP contribution is -2.04. The highest BCUT2D eigenvalue weighted by molar-refractivity contribution is 6.45. The maximum atomic E-state index is 5.06. The Morgan fingerprint density at radius 2 is 2.36 bits per heavy atom. The van der Waals surface area contributed by atoms with Gasteiger partial charge in [-0.05, 0) is 6.42 Å². The van der Waals surface area contributed by atoms with Gasteiger partial charge in [0, 0.05) is 0 Å². The Hall–Kier alpha value is 0.311. The smallest absolute Gasteiger partial charge is 0.409 e.